The Bertz CT molecular complexity index is 160. The Hall–Kier alpha value is -0.770. The number of carbonyl (C=O) groups is 1. The average Bonchev–Trinajstić information content (AvgIpc) is 1.82. The lowest BCUT2D eigenvalue weighted by atomic mass is 10.2. The van der Waals surface area contributed by atoms with E-state index in [2.05, 4.69) is 0 Å². The molecule has 0 aliphatic carbocycles. The van der Waals surface area contributed by atoms with Crippen LogP contribution in [0.25, 0.3) is 0 Å². The van der Waals surface area contributed by atoms with Crippen LogP contribution >= 0.6 is 0 Å². The summed E-state index contributed by atoms with van der Waals surface area (Å²) in [4.78, 5) is 12.3. The van der Waals surface area contributed by atoms with Crippen LogP contribution < -0.4 is 0 Å². The van der Waals surface area contributed by atoms with Gasteiger partial charge in [-0.05, 0) is 27.7 Å². The van der Waals surface area contributed by atoms with Crippen LogP contribution in [-0.2, 0) is 4.74 Å². The first-order valence-corrected chi connectivity index (χ1v) is 3.88. The fraction of sp³-hybridized carbons (Fsp3) is 0.875. The van der Waals surface area contributed by atoms with Gasteiger partial charge in [-0.1, -0.05) is 0 Å². The molecule has 1 N–H and O–H groups in total. The highest BCUT2D eigenvalue weighted by molar-refractivity contribution is 5.67. The summed E-state index contributed by atoms with van der Waals surface area (Å²) in [6, 6.07) is 0. The molecule has 0 bridgehead atoms. The second kappa shape index (κ2) is 3.76. The van der Waals surface area contributed by atoms with E-state index in [9.17, 15) is 4.79 Å². The molecule has 0 aliphatic rings. The van der Waals surface area contributed by atoms with Crippen molar-refractivity contribution in [3.63, 3.8) is 0 Å². The number of aliphatic hydroxyl groups excluding tert-OH is 1. The maximum Gasteiger partial charge on any atom is 0.412 e. The van der Waals surface area contributed by atoms with Crippen molar-refractivity contribution in [3.05, 3.63) is 0 Å². The second-order valence-electron chi connectivity index (χ2n) is 3.72. The van der Waals surface area contributed by atoms with E-state index in [1.807, 2.05) is 0 Å². The SMILES string of the molecule is CC(O)N(C)C(=O)OC(C)(C)C. The molecule has 0 radical (unpaired) electrons. The molecular weight excluding hydrogens is 158 g/mol. The Kier molecular flexibility index (Phi) is 3.52. The molecule has 0 rings (SSSR count). The first-order valence-electron chi connectivity index (χ1n) is 3.88. The summed E-state index contributed by atoms with van der Waals surface area (Å²) in [6.07, 6.45) is -1.34. The van der Waals surface area contributed by atoms with Crippen molar-refractivity contribution < 1.29 is 14.6 Å². The lowest BCUT2D eigenvalue weighted by Gasteiger charge is -2.26. The topological polar surface area (TPSA) is 49.8 Å². The molecule has 0 spiro atoms. The number of amides is 1. The highest BCUT2D eigenvalue weighted by atomic mass is 16.6. The molecule has 0 aromatic heterocycles. The number of hydrogen-bond acceptors (Lipinski definition) is 3. The van der Waals surface area contributed by atoms with Crippen LogP contribution in [0.1, 0.15) is 27.7 Å². The highest BCUT2D eigenvalue weighted by Gasteiger charge is 2.21. The number of hydrogen-bond donors (Lipinski definition) is 1. The van der Waals surface area contributed by atoms with Gasteiger partial charge in [0.05, 0.1) is 0 Å². The molecule has 0 saturated carbocycles. The smallest absolute Gasteiger partial charge is 0.412 e. The third-order valence-electron chi connectivity index (χ3n) is 1.24. The minimum atomic E-state index is -0.820. The Balaban J connectivity index is 4.05. The van der Waals surface area contributed by atoms with Crippen molar-refractivity contribution in [1.29, 1.82) is 0 Å². The van der Waals surface area contributed by atoms with Gasteiger partial charge in [-0.2, -0.15) is 0 Å². The van der Waals surface area contributed by atoms with Gasteiger partial charge in [0.15, 0.2) is 0 Å². The van der Waals surface area contributed by atoms with E-state index in [0.29, 0.717) is 0 Å². The van der Waals surface area contributed by atoms with Crippen LogP contribution in [0.3, 0.4) is 0 Å². The summed E-state index contributed by atoms with van der Waals surface area (Å²) in [5.74, 6) is 0. The van der Waals surface area contributed by atoms with E-state index >= 15 is 0 Å². The quantitative estimate of drug-likeness (QED) is 0.609. The van der Waals surface area contributed by atoms with E-state index in [0.717, 1.165) is 4.90 Å². The number of carbonyl (C=O) groups excluding carboxylic acids is 1. The fourth-order valence-electron chi connectivity index (χ4n) is 0.486. The van der Waals surface area contributed by atoms with Gasteiger partial charge in [-0.3, -0.25) is 4.90 Å². The lowest BCUT2D eigenvalue weighted by molar-refractivity contribution is -0.0128. The zero-order valence-electron chi connectivity index (χ0n) is 8.29. The van der Waals surface area contributed by atoms with Crippen molar-refractivity contribution >= 4 is 6.09 Å². The van der Waals surface area contributed by atoms with Crippen LogP contribution in [0.15, 0.2) is 0 Å². The van der Waals surface area contributed by atoms with E-state index in [1.165, 1.54) is 14.0 Å². The summed E-state index contributed by atoms with van der Waals surface area (Å²) >= 11 is 0. The molecule has 1 unspecified atom stereocenters. The highest BCUT2D eigenvalue weighted by Crippen LogP contribution is 2.09. The summed E-state index contributed by atoms with van der Waals surface area (Å²) < 4.78 is 4.99. The Morgan fingerprint density at radius 2 is 1.92 bits per heavy atom. The molecule has 0 aliphatic heterocycles. The first kappa shape index (κ1) is 11.2. The van der Waals surface area contributed by atoms with Gasteiger partial charge in [0.2, 0.25) is 0 Å². The van der Waals surface area contributed by atoms with Gasteiger partial charge in [0.1, 0.15) is 11.8 Å². The van der Waals surface area contributed by atoms with E-state index in [1.54, 1.807) is 20.8 Å². The van der Waals surface area contributed by atoms with Crippen LogP contribution in [0.4, 0.5) is 4.79 Å². The molecule has 0 heterocycles. The molecule has 1 amide bonds. The number of aliphatic hydroxyl groups is 1. The predicted molar refractivity (Wildman–Crippen MR) is 45.7 cm³/mol. The van der Waals surface area contributed by atoms with Crippen molar-refractivity contribution in [2.75, 3.05) is 7.05 Å². The van der Waals surface area contributed by atoms with E-state index in [-0.39, 0.29) is 0 Å². The maximum atomic E-state index is 11.1. The lowest BCUT2D eigenvalue weighted by Crippen LogP contribution is -2.39. The maximum absolute atomic E-state index is 11.1. The molecule has 12 heavy (non-hydrogen) atoms. The molecule has 0 aromatic rings. The normalized spacial score (nSPS) is 13.8. The molecule has 0 saturated heterocycles. The number of nitrogens with zero attached hydrogens (tertiary/aromatic N) is 1. The molecule has 1 atom stereocenters. The number of ether oxygens (including phenoxy) is 1. The van der Waals surface area contributed by atoms with Crippen molar-refractivity contribution in [1.82, 2.24) is 4.90 Å². The minimum Gasteiger partial charge on any atom is -0.444 e. The predicted octanol–water partition coefficient (Wildman–Crippen LogP) is 1.19. The minimum absolute atomic E-state index is 0.514. The van der Waals surface area contributed by atoms with Gasteiger partial charge in [-0.15, -0.1) is 0 Å². The van der Waals surface area contributed by atoms with Crippen LogP contribution in [-0.4, -0.2) is 35.0 Å². The summed E-state index contributed by atoms with van der Waals surface area (Å²) in [5, 5.41) is 9.01. The molecule has 0 fully saturated rings. The molecule has 4 heteroatoms. The molecule has 4 nitrogen and oxygen atoms in total. The van der Waals surface area contributed by atoms with Gasteiger partial charge in [0.25, 0.3) is 0 Å². The van der Waals surface area contributed by atoms with E-state index in [4.69, 9.17) is 9.84 Å². The van der Waals surface area contributed by atoms with Crippen LogP contribution in [0, 0.1) is 0 Å². The third kappa shape index (κ3) is 4.18. The Labute approximate surface area is 73.1 Å². The van der Waals surface area contributed by atoms with Crippen LogP contribution in [0.5, 0.6) is 0 Å². The van der Waals surface area contributed by atoms with Gasteiger partial charge >= 0.3 is 6.09 Å². The summed E-state index contributed by atoms with van der Waals surface area (Å²) in [7, 11) is 1.48. The zero-order chi connectivity index (χ0) is 9.94. The van der Waals surface area contributed by atoms with Gasteiger partial charge < -0.3 is 9.84 Å². The number of rotatable bonds is 1. The summed E-state index contributed by atoms with van der Waals surface area (Å²) in [5.41, 5.74) is -0.514. The Morgan fingerprint density at radius 3 is 2.17 bits per heavy atom. The Morgan fingerprint density at radius 1 is 1.50 bits per heavy atom. The monoisotopic (exact) mass is 175 g/mol. The fourth-order valence-corrected chi connectivity index (χ4v) is 0.486. The van der Waals surface area contributed by atoms with Crippen molar-refractivity contribution in [2.24, 2.45) is 0 Å². The molecule has 0 aromatic carbocycles. The molecular formula is C8H17NO3. The van der Waals surface area contributed by atoms with Gasteiger partial charge in [0, 0.05) is 7.05 Å². The largest absolute Gasteiger partial charge is 0.444 e. The molecule has 72 valence electrons. The average molecular weight is 175 g/mol. The standard InChI is InChI=1S/C8H17NO3/c1-6(10)9(5)7(11)12-8(2,3)4/h6,10H,1-5H3. The summed E-state index contributed by atoms with van der Waals surface area (Å²) in [6.45, 7) is 6.84. The third-order valence-corrected chi connectivity index (χ3v) is 1.24. The van der Waals surface area contributed by atoms with Crippen molar-refractivity contribution in [3.8, 4) is 0 Å². The van der Waals surface area contributed by atoms with Crippen molar-refractivity contribution in [2.45, 2.75) is 39.5 Å². The second-order valence-corrected chi connectivity index (χ2v) is 3.72. The van der Waals surface area contributed by atoms with Crippen LogP contribution in [0.2, 0.25) is 0 Å². The van der Waals surface area contributed by atoms with Gasteiger partial charge in [-0.25, -0.2) is 4.79 Å². The first-order chi connectivity index (χ1) is 5.24. The zero-order valence-corrected chi connectivity index (χ0v) is 8.29. The van der Waals surface area contributed by atoms with E-state index < -0.39 is 17.9 Å².